The summed E-state index contributed by atoms with van der Waals surface area (Å²) in [4.78, 5) is 31.4. The van der Waals surface area contributed by atoms with Gasteiger partial charge in [0.25, 0.3) is 11.5 Å². The molecule has 1 aromatic heterocycles. The number of allylic oxidation sites excluding steroid dienone is 1. The minimum atomic E-state index is -0.281. The number of fused-ring (bicyclic) bond motifs is 1. The molecule has 0 radical (unpaired) electrons. The van der Waals surface area contributed by atoms with Crippen molar-refractivity contribution in [2.45, 2.75) is 58.3 Å². The number of hydrogen-bond donors (Lipinski definition) is 1. The fourth-order valence-electron chi connectivity index (χ4n) is 5.49. The molecule has 1 aliphatic rings. The van der Waals surface area contributed by atoms with Crippen LogP contribution in [0.3, 0.4) is 0 Å². The van der Waals surface area contributed by atoms with Crippen molar-refractivity contribution in [1.29, 1.82) is 0 Å². The minimum Gasteiger partial charge on any atom is -0.490 e. The van der Waals surface area contributed by atoms with Crippen molar-refractivity contribution in [1.82, 2.24) is 9.66 Å². The molecule has 44 heavy (non-hydrogen) atoms. The van der Waals surface area contributed by atoms with Crippen molar-refractivity contribution in [3.63, 3.8) is 0 Å². The van der Waals surface area contributed by atoms with Gasteiger partial charge >= 0.3 is 0 Å². The average molecular weight is 658 g/mol. The van der Waals surface area contributed by atoms with E-state index in [1.165, 1.54) is 11.1 Å². The molecule has 5 rings (SSSR count). The topological polar surface area (TPSA) is 94.8 Å². The van der Waals surface area contributed by atoms with Gasteiger partial charge in [-0.05, 0) is 81.1 Å². The first kappa shape index (κ1) is 31.2. The summed E-state index contributed by atoms with van der Waals surface area (Å²) in [6.07, 6.45) is 9.26. The molecule has 1 fully saturated rings. The molecule has 1 amide bonds. The van der Waals surface area contributed by atoms with Crippen molar-refractivity contribution in [2.75, 3.05) is 18.5 Å². The highest BCUT2D eigenvalue weighted by molar-refractivity contribution is 9.10. The smallest absolute Gasteiger partial charge is 0.282 e. The molecule has 4 aromatic rings. The van der Waals surface area contributed by atoms with Gasteiger partial charge < -0.3 is 14.8 Å². The minimum absolute atomic E-state index is 0.166. The molecule has 0 saturated heterocycles. The molecule has 9 heteroatoms. The number of amides is 1. The zero-order valence-corrected chi connectivity index (χ0v) is 26.7. The number of aromatic nitrogens is 2. The van der Waals surface area contributed by atoms with Gasteiger partial charge in [-0.2, -0.15) is 9.78 Å². The fraction of sp³-hybridized carbons (Fsp3) is 0.314. The normalized spacial score (nSPS) is 13.7. The Morgan fingerprint density at radius 1 is 1.11 bits per heavy atom. The molecule has 1 saturated carbocycles. The lowest BCUT2D eigenvalue weighted by atomic mass is 9.88. The van der Waals surface area contributed by atoms with Crippen LogP contribution >= 0.6 is 15.9 Å². The van der Waals surface area contributed by atoms with Crippen molar-refractivity contribution >= 4 is 44.6 Å². The second kappa shape index (κ2) is 14.5. The zero-order chi connectivity index (χ0) is 31.1. The van der Waals surface area contributed by atoms with Crippen LogP contribution in [0, 0.1) is 6.92 Å². The maximum atomic E-state index is 13.7. The summed E-state index contributed by atoms with van der Waals surface area (Å²) >= 11 is 3.48. The van der Waals surface area contributed by atoms with E-state index in [0.29, 0.717) is 46.9 Å². The number of aryl methyl sites for hydroxylation is 1. The van der Waals surface area contributed by atoms with Gasteiger partial charge in [-0.25, -0.2) is 4.98 Å². The Hall–Kier alpha value is -4.24. The molecule has 0 bridgehead atoms. The average Bonchev–Trinajstić information content (AvgIpc) is 3.02. The van der Waals surface area contributed by atoms with Gasteiger partial charge in [0, 0.05) is 21.6 Å². The van der Waals surface area contributed by atoms with Crippen molar-refractivity contribution in [3.05, 3.63) is 105 Å². The van der Waals surface area contributed by atoms with Crippen molar-refractivity contribution in [3.8, 4) is 11.5 Å². The van der Waals surface area contributed by atoms with E-state index in [1.54, 1.807) is 18.4 Å². The number of anilines is 1. The quantitative estimate of drug-likeness (QED) is 0.133. The van der Waals surface area contributed by atoms with Gasteiger partial charge in [-0.1, -0.05) is 59.0 Å². The first-order valence-corrected chi connectivity index (χ1v) is 15.8. The molecule has 1 heterocycles. The SMILES string of the molecule is C=CCc1cc(C=Nn2c(C3CCCCC3)nc3ccc(Br)cc3c2=O)cc(OCC)c1OCC(=O)Nc1ccc(C)cc1. The van der Waals surface area contributed by atoms with Crippen LogP contribution in [0.15, 0.2) is 81.6 Å². The Bertz CT molecular complexity index is 1740. The monoisotopic (exact) mass is 656 g/mol. The van der Waals surface area contributed by atoms with Crippen LogP contribution in [0.5, 0.6) is 11.5 Å². The van der Waals surface area contributed by atoms with Crippen LogP contribution in [0.1, 0.15) is 67.5 Å². The van der Waals surface area contributed by atoms with Crippen molar-refractivity contribution < 1.29 is 14.3 Å². The third-order valence-corrected chi connectivity index (χ3v) is 8.12. The van der Waals surface area contributed by atoms with E-state index in [9.17, 15) is 9.59 Å². The Morgan fingerprint density at radius 3 is 2.61 bits per heavy atom. The van der Waals surface area contributed by atoms with Crippen molar-refractivity contribution in [2.24, 2.45) is 5.10 Å². The lowest BCUT2D eigenvalue weighted by Crippen LogP contribution is -2.25. The van der Waals surface area contributed by atoms with Gasteiger partial charge in [0.2, 0.25) is 0 Å². The lowest BCUT2D eigenvalue weighted by molar-refractivity contribution is -0.118. The number of rotatable bonds is 11. The maximum absolute atomic E-state index is 13.7. The van der Waals surface area contributed by atoms with E-state index in [0.717, 1.165) is 46.8 Å². The Kier molecular flexibility index (Phi) is 10.3. The lowest BCUT2D eigenvalue weighted by Gasteiger charge is -2.22. The number of nitrogens with zero attached hydrogens (tertiary/aromatic N) is 3. The van der Waals surface area contributed by atoms with Crippen LogP contribution < -0.4 is 20.3 Å². The number of ether oxygens (including phenoxy) is 2. The second-order valence-electron chi connectivity index (χ2n) is 11.0. The molecular formula is C35H37BrN4O4. The van der Waals surface area contributed by atoms with Crippen LogP contribution in [0.4, 0.5) is 5.69 Å². The zero-order valence-electron chi connectivity index (χ0n) is 25.1. The molecule has 1 N–H and O–H groups in total. The molecule has 228 valence electrons. The predicted molar refractivity (Wildman–Crippen MR) is 179 cm³/mol. The number of nitrogens with one attached hydrogen (secondary N) is 1. The third-order valence-electron chi connectivity index (χ3n) is 7.63. The second-order valence-corrected chi connectivity index (χ2v) is 11.9. The predicted octanol–water partition coefficient (Wildman–Crippen LogP) is 7.54. The van der Waals surface area contributed by atoms with Crippen LogP contribution in [0.25, 0.3) is 10.9 Å². The highest BCUT2D eigenvalue weighted by atomic mass is 79.9. The van der Waals surface area contributed by atoms with E-state index in [1.807, 2.05) is 62.4 Å². The van der Waals surface area contributed by atoms with E-state index < -0.39 is 0 Å². The standard InChI is InChI=1S/C35H37BrN4O4/c1-4-9-26-18-24(19-31(43-5-2)33(26)44-22-32(41)38-28-15-12-23(3)13-16-28)21-37-40-34(25-10-7-6-8-11-25)39-30-17-14-27(36)20-29(30)35(40)42/h4,12-21,25H,1,5-11,22H2,2-3H3,(H,38,41). The van der Waals surface area contributed by atoms with Crippen LogP contribution in [-0.2, 0) is 11.2 Å². The molecule has 8 nitrogen and oxygen atoms in total. The summed E-state index contributed by atoms with van der Waals surface area (Å²) in [6, 6.07) is 16.9. The maximum Gasteiger partial charge on any atom is 0.282 e. The number of halogens is 1. The highest BCUT2D eigenvalue weighted by Crippen LogP contribution is 2.34. The summed E-state index contributed by atoms with van der Waals surface area (Å²) < 4.78 is 14.2. The van der Waals surface area contributed by atoms with Gasteiger partial charge in [0.1, 0.15) is 5.82 Å². The molecular weight excluding hydrogens is 620 g/mol. The summed E-state index contributed by atoms with van der Waals surface area (Å²) in [7, 11) is 0. The molecule has 0 atom stereocenters. The van der Waals surface area contributed by atoms with Gasteiger partial charge in [0.05, 0.1) is 23.7 Å². The summed E-state index contributed by atoms with van der Waals surface area (Å²) in [5.41, 5.74) is 3.78. The van der Waals surface area contributed by atoms with E-state index in [-0.39, 0.29) is 24.0 Å². The van der Waals surface area contributed by atoms with Gasteiger partial charge in [0.15, 0.2) is 18.1 Å². The first-order valence-electron chi connectivity index (χ1n) is 15.0. The Morgan fingerprint density at radius 2 is 1.89 bits per heavy atom. The third kappa shape index (κ3) is 7.45. The summed E-state index contributed by atoms with van der Waals surface area (Å²) in [5.74, 6) is 1.53. The number of benzene rings is 3. The van der Waals surface area contributed by atoms with E-state index in [2.05, 4.69) is 27.8 Å². The van der Waals surface area contributed by atoms with Gasteiger partial charge in [-0.3, -0.25) is 9.59 Å². The molecule has 0 aliphatic heterocycles. The van der Waals surface area contributed by atoms with Crippen LogP contribution in [-0.4, -0.2) is 35.0 Å². The van der Waals surface area contributed by atoms with Crippen LogP contribution in [0.2, 0.25) is 0 Å². The highest BCUT2D eigenvalue weighted by Gasteiger charge is 2.23. The fourth-order valence-corrected chi connectivity index (χ4v) is 5.85. The molecule has 3 aromatic carbocycles. The largest absolute Gasteiger partial charge is 0.490 e. The number of carbonyl (C=O) groups is 1. The molecule has 0 spiro atoms. The number of hydrogen-bond acceptors (Lipinski definition) is 6. The molecule has 0 unspecified atom stereocenters. The summed E-state index contributed by atoms with van der Waals surface area (Å²) in [6.45, 7) is 7.98. The summed E-state index contributed by atoms with van der Waals surface area (Å²) in [5, 5.41) is 8.07. The number of carbonyl (C=O) groups excluding carboxylic acids is 1. The van der Waals surface area contributed by atoms with Gasteiger partial charge in [-0.15, -0.1) is 6.58 Å². The molecule has 1 aliphatic carbocycles. The van der Waals surface area contributed by atoms with E-state index >= 15 is 0 Å². The van der Waals surface area contributed by atoms with E-state index in [4.69, 9.17) is 19.6 Å². The Labute approximate surface area is 265 Å². The Balaban J connectivity index is 1.47. The first-order chi connectivity index (χ1) is 21.4.